The van der Waals surface area contributed by atoms with Crippen molar-refractivity contribution in [3.63, 3.8) is 0 Å². The Labute approximate surface area is 527 Å². The number of hydrogen-bond donors (Lipinski definition) is 3. The van der Waals surface area contributed by atoms with Crippen molar-refractivity contribution in [2.75, 3.05) is 19.8 Å². The molecule has 10 aromatic carbocycles. The summed E-state index contributed by atoms with van der Waals surface area (Å²) in [6.45, 7) is 7.95. The minimum Gasteiger partial charge on any atom is -0.481 e. The van der Waals surface area contributed by atoms with Gasteiger partial charge in [0.15, 0.2) is 0 Å². The molecule has 10 aromatic rings. The molecule has 3 unspecified atom stereocenters. The summed E-state index contributed by atoms with van der Waals surface area (Å²) in [4.78, 5) is 11.0. The number of rotatable bonds is 20. The zero-order valence-corrected chi connectivity index (χ0v) is 51.6. The second-order valence-corrected chi connectivity index (χ2v) is 21.7. The molecule has 1 saturated heterocycles. The molecule has 3 atom stereocenters. The van der Waals surface area contributed by atoms with Gasteiger partial charge in [0, 0.05) is 49.5 Å². The predicted octanol–water partition coefficient (Wildman–Crippen LogP) is 19.1. The molecule has 88 heavy (non-hydrogen) atoms. The van der Waals surface area contributed by atoms with E-state index in [2.05, 4.69) is 184 Å². The minimum atomic E-state index is -0.775. The van der Waals surface area contributed by atoms with Crippen LogP contribution in [0.2, 0.25) is 0 Å². The van der Waals surface area contributed by atoms with Crippen molar-refractivity contribution in [2.24, 2.45) is 0 Å². The minimum absolute atomic E-state index is 0.0463. The van der Waals surface area contributed by atoms with Crippen molar-refractivity contribution < 1.29 is 29.6 Å². The molecule has 6 nitrogen and oxygen atoms in total. The molecule has 0 spiro atoms. The number of carboxylic acid groups (broad SMARTS) is 1. The van der Waals surface area contributed by atoms with Gasteiger partial charge in [-0.15, -0.1) is 0 Å². The molecular formula is C81H89BO6. The van der Waals surface area contributed by atoms with Crippen LogP contribution in [0, 0.1) is 0 Å². The van der Waals surface area contributed by atoms with Crippen LogP contribution in [0.5, 0.6) is 0 Å². The highest BCUT2D eigenvalue weighted by molar-refractivity contribution is 6.11. The summed E-state index contributed by atoms with van der Waals surface area (Å²) in [5.41, 5.74) is 12.4. The van der Waals surface area contributed by atoms with Gasteiger partial charge in [0.25, 0.3) is 0 Å². The number of ether oxygens (including phenoxy) is 2. The van der Waals surface area contributed by atoms with Crippen LogP contribution in [-0.2, 0) is 14.3 Å². The van der Waals surface area contributed by atoms with E-state index in [0.29, 0.717) is 17.8 Å². The molecule has 0 aliphatic carbocycles. The quantitative estimate of drug-likeness (QED) is 0.0658. The van der Waals surface area contributed by atoms with Crippen LogP contribution >= 0.6 is 0 Å². The molecule has 0 bridgehead atoms. The average molecular weight is 1170 g/mol. The standard InChI is InChI=1S/C23H24O.C16H18.C15H14O2.C15H16O.C8H10O.C4H7BO/c1-19(20-11-5-2-6-12-20)24-18-17-23(21-13-7-3-8-14-21)22-15-9-4-10-16-22;1-2-9-16(14-10-5-3-6-11-14)15-12-7-4-8-13-15;16-15(17)11-14(12-7-3-1-4-8-12)13-9-5-2-6-10-13;16-12-11-15(13-7-3-1-4-8-13)14-9-5-2-6-10-14;1-7(9)8-5-3-2-4-6-8;5-4-2-1-3-6-4/h2-16,19,23H,17-18H2,1H3;3-8,10-13,16H,2,9H2,1H3;1-10,14H,11H2,(H,16,17);1-10,15-16H,11-12H2;2-7,9H,1H3;4H,1-3H2. The van der Waals surface area contributed by atoms with E-state index in [0.717, 1.165) is 55.6 Å². The topological polar surface area (TPSA) is 96.2 Å². The van der Waals surface area contributed by atoms with Gasteiger partial charge in [0.05, 0.1) is 18.6 Å². The maximum atomic E-state index is 11.0. The summed E-state index contributed by atoms with van der Waals surface area (Å²) in [6, 6.07) is 103. The Morgan fingerprint density at radius 2 is 0.705 bits per heavy atom. The molecule has 0 amide bonds. The van der Waals surface area contributed by atoms with E-state index < -0.39 is 5.97 Å². The first kappa shape index (κ1) is 68.7. The molecule has 0 saturated carbocycles. The first-order valence-corrected chi connectivity index (χ1v) is 31.1. The molecule has 452 valence electrons. The van der Waals surface area contributed by atoms with Gasteiger partial charge in [-0.2, -0.15) is 0 Å². The van der Waals surface area contributed by atoms with Crippen LogP contribution in [-0.4, -0.2) is 55.0 Å². The maximum absolute atomic E-state index is 11.0. The van der Waals surface area contributed by atoms with E-state index in [4.69, 9.17) is 32.6 Å². The van der Waals surface area contributed by atoms with E-state index in [1.165, 1.54) is 51.8 Å². The third-order valence-corrected chi connectivity index (χ3v) is 15.3. The van der Waals surface area contributed by atoms with E-state index in [1.807, 2.05) is 133 Å². The third-order valence-electron chi connectivity index (χ3n) is 15.3. The number of aliphatic hydroxyl groups excluding tert-OH is 2. The van der Waals surface area contributed by atoms with E-state index >= 15 is 0 Å². The molecule has 7 heteroatoms. The maximum Gasteiger partial charge on any atom is 0.304 e. The Kier molecular flexibility index (Phi) is 31.9. The molecule has 3 N–H and O–H groups in total. The lowest BCUT2D eigenvalue weighted by Crippen LogP contribution is -2.08. The fourth-order valence-corrected chi connectivity index (χ4v) is 10.6. The molecule has 0 aromatic heterocycles. The van der Waals surface area contributed by atoms with Crippen LogP contribution < -0.4 is 0 Å². The SMILES string of the molecule is CC(O)c1ccccc1.CC(OCCC(c1ccccc1)c1ccccc1)c1ccccc1.CCCC(c1ccccc1)c1ccccc1.O=C(O)CC(c1ccccc1)c1ccccc1.OCCC(c1ccccc1)c1ccccc1.[B]C1CCCO1. The van der Waals surface area contributed by atoms with Crippen molar-refractivity contribution in [3.8, 4) is 0 Å². The summed E-state index contributed by atoms with van der Waals surface area (Å²) in [7, 11) is 5.31. The van der Waals surface area contributed by atoms with Gasteiger partial charge >= 0.3 is 5.97 Å². The lowest BCUT2D eigenvalue weighted by Gasteiger charge is -2.20. The van der Waals surface area contributed by atoms with Crippen molar-refractivity contribution in [1.29, 1.82) is 0 Å². The Morgan fingerprint density at radius 3 is 0.932 bits per heavy atom. The first-order valence-electron chi connectivity index (χ1n) is 31.1. The number of aliphatic hydroxyl groups is 2. The van der Waals surface area contributed by atoms with Gasteiger partial charge in [-0.25, -0.2) is 0 Å². The highest BCUT2D eigenvalue weighted by Gasteiger charge is 2.18. The highest BCUT2D eigenvalue weighted by atomic mass is 16.5. The fraction of sp³-hybridized carbons (Fsp3) is 0.247. The number of aliphatic carboxylic acids is 1. The zero-order valence-electron chi connectivity index (χ0n) is 51.6. The third kappa shape index (κ3) is 25.1. The smallest absolute Gasteiger partial charge is 0.304 e. The second kappa shape index (κ2) is 40.9. The van der Waals surface area contributed by atoms with Crippen LogP contribution in [0.25, 0.3) is 0 Å². The zero-order chi connectivity index (χ0) is 62.2. The summed E-state index contributed by atoms with van der Waals surface area (Å²) >= 11 is 0. The van der Waals surface area contributed by atoms with Gasteiger partial charge in [-0.05, 0) is 102 Å². The summed E-state index contributed by atoms with van der Waals surface area (Å²) in [5.74, 6) is 0.368. The molecule has 2 radical (unpaired) electrons. The van der Waals surface area contributed by atoms with Crippen LogP contribution in [0.3, 0.4) is 0 Å². The number of benzene rings is 10. The van der Waals surface area contributed by atoms with E-state index in [9.17, 15) is 4.79 Å². The number of carboxylic acids is 1. The van der Waals surface area contributed by atoms with Crippen LogP contribution in [0.1, 0.15) is 157 Å². The first-order chi connectivity index (χ1) is 43.1. The summed E-state index contributed by atoms with van der Waals surface area (Å²) < 4.78 is 11.0. The second-order valence-electron chi connectivity index (χ2n) is 21.7. The molecule has 1 aliphatic rings. The normalized spacial score (nSPS) is 12.9. The van der Waals surface area contributed by atoms with Crippen LogP contribution in [0.4, 0.5) is 0 Å². The predicted molar refractivity (Wildman–Crippen MR) is 365 cm³/mol. The highest BCUT2D eigenvalue weighted by Crippen LogP contribution is 2.32. The number of carbonyl (C=O) groups is 1. The average Bonchev–Trinajstić information content (AvgIpc) is 4.23. The molecule has 11 rings (SSSR count). The van der Waals surface area contributed by atoms with Gasteiger partial charge in [-0.3, -0.25) is 4.79 Å². The molecular weight excluding hydrogens is 1080 g/mol. The fourth-order valence-electron chi connectivity index (χ4n) is 10.6. The van der Waals surface area contributed by atoms with Crippen molar-refractivity contribution in [3.05, 3.63) is 359 Å². The van der Waals surface area contributed by atoms with E-state index in [-0.39, 0.29) is 37.2 Å². The summed E-state index contributed by atoms with van der Waals surface area (Å²) in [6.07, 6.45) is 6.27. The largest absolute Gasteiger partial charge is 0.481 e. The van der Waals surface area contributed by atoms with Crippen LogP contribution in [0.15, 0.2) is 303 Å². The van der Waals surface area contributed by atoms with Gasteiger partial charge < -0.3 is 24.8 Å². The lowest BCUT2D eigenvalue weighted by molar-refractivity contribution is -0.137. The Morgan fingerprint density at radius 1 is 0.432 bits per heavy atom. The Hall–Kier alpha value is -8.43. The lowest BCUT2D eigenvalue weighted by atomic mass is 9.88. The van der Waals surface area contributed by atoms with Gasteiger partial charge in [0.1, 0.15) is 7.85 Å². The number of hydrogen-bond acceptors (Lipinski definition) is 5. The van der Waals surface area contributed by atoms with Gasteiger partial charge in [0.2, 0.25) is 0 Å². The van der Waals surface area contributed by atoms with E-state index in [1.54, 1.807) is 6.92 Å². The molecule has 1 aliphatic heterocycles. The Balaban J connectivity index is 0.000000175. The van der Waals surface area contributed by atoms with Crippen molar-refractivity contribution >= 4 is 13.8 Å². The molecule has 1 fully saturated rings. The summed E-state index contributed by atoms with van der Waals surface area (Å²) in [5, 5.41) is 27.2. The molecule has 1 heterocycles. The van der Waals surface area contributed by atoms with Crippen molar-refractivity contribution in [1.82, 2.24) is 0 Å². The monoisotopic (exact) mass is 1170 g/mol. The van der Waals surface area contributed by atoms with Gasteiger partial charge in [-0.1, -0.05) is 317 Å². The van der Waals surface area contributed by atoms with Crippen molar-refractivity contribution in [2.45, 2.75) is 108 Å². The Bertz CT molecular complexity index is 3040.